The molecule has 0 aliphatic heterocycles. The van der Waals surface area contributed by atoms with Gasteiger partial charge >= 0.3 is 0 Å². The molecule has 0 saturated heterocycles. The summed E-state index contributed by atoms with van der Waals surface area (Å²) in [5.41, 5.74) is 0.916. The second-order valence-electron chi connectivity index (χ2n) is 3.75. The molecule has 0 spiro atoms. The van der Waals surface area contributed by atoms with Crippen LogP contribution in [0.1, 0.15) is 0 Å². The third-order valence-corrected chi connectivity index (χ3v) is 2.64. The van der Waals surface area contributed by atoms with Crippen molar-refractivity contribution in [2.45, 2.75) is 0 Å². The van der Waals surface area contributed by atoms with E-state index < -0.39 is 11.6 Å². The molecule has 2 nitrogen and oxygen atoms in total. The first-order chi connectivity index (χ1) is 9.02. The Balaban J connectivity index is 2.05. The Hall–Kier alpha value is -1.72. The molecule has 0 aliphatic carbocycles. The number of anilines is 2. The van der Waals surface area contributed by atoms with E-state index in [0.717, 1.165) is 18.2 Å². The van der Waals surface area contributed by atoms with Crippen LogP contribution in [0.3, 0.4) is 0 Å². The summed E-state index contributed by atoms with van der Waals surface area (Å²) < 4.78 is 26.0. The van der Waals surface area contributed by atoms with Crippen LogP contribution in [-0.2, 0) is 0 Å². The van der Waals surface area contributed by atoms with Gasteiger partial charge in [-0.15, -0.1) is 0 Å². The van der Waals surface area contributed by atoms with Gasteiger partial charge in [0.1, 0.15) is 11.6 Å². The molecule has 0 heterocycles. The van der Waals surface area contributed by atoms with E-state index in [1.54, 1.807) is 24.3 Å². The molecule has 0 fully saturated rings. The van der Waals surface area contributed by atoms with E-state index in [1.165, 1.54) is 0 Å². The zero-order valence-corrected chi connectivity index (χ0v) is 11.2. The Kier molecular flexibility index (Phi) is 4.29. The summed E-state index contributed by atoms with van der Waals surface area (Å²) in [7, 11) is 0. The summed E-state index contributed by atoms with van der Waals surface area (Å²) in [6.45, 7) is 0. The van der Waals surface area contributed by atoms with Crippen LogP contribution >= 0.6 is 23.8 Å². The van der Waals surface area contributed by atoms with E-state index in [0.29, 0.717) is 10.7 Å². The first-order valence-electron chi connectivity index (χ1n) is 5.32. The summed E-state index contributed by atoms with van der Waals surface area (Å²) in [5, 5.41) is 6.32. The standard InChI is InChI=1S/C13H9ClF2N2S/c14-8-2-1-3-11(4-8)17-13(19)18-12-6-9(15)5-10(16)7-12/h1-7H,(H2,17,18,19). The average molecular weight is 299 g/mol. The van der Waals surface area contributed by atoms with Gasteiger partial charge in [0.2, 0.25) is 0 Å². The van der Waals surface area contributed by atoms with E-state index >= 15 is 0 Å². The lowest BCUT2D eigenvalue weighted by Gasteiger charge is -2.10. The van der Waals surface area contributed by atoms with Crippen molar-refractivity contribution in [1.82, 2.24) is 0 Å². The third-order valence-electron chi connectivity index (χ3n) is 2.20. The predicted octanol–water partition coefficient (Wildman–Crippen LogP) is 4.43. The molecule has 19 heavy (non-hydrogen) atoms. The van der Waals surface area contributed by atoms with Crippen LogP contribution in [0.2, 0.25) is 5.02 Å². The third kappa shape index (κ3) is 4.15. The van der Waals surface area contributed by atoms with E-state index in [9.17, 15) is 8.78 Å². The minimum absolute atomic E-state index is 0.215. The Morgan fingerprint density at radius 1 is 0.947 bits per heavy atom. The highest BCUT2D eigenvalue weighted by atomic mass is 35.5. The topological polar surface area (TPSA) is 24.1 Å². The van der Waals surface area contributed by atoms with Crippen molar-refractivity contribution in [2.24, 2.45) is 0 Å². The second kappa shape index (κ2) is 5.95. The quantitative estimate of drug-likeness (QED) is 0.802. The van der Waals surface area contributed by atoms with E-state index in [1.807, 2.05) is 0 Å². The van der Waals surface area contributed by atoms with Crippen molar-refractivity contribution in [3.05, 3.63) is 59.1 Å². The largest absolute Gasteiger partial charge is 0.332 e. The van der Waals surface area contributed by atoms with Crippen LogP contribution in [0.15, 0.2) is 42.5 Å². The molecule has 2 N–H and O–H groups in total. The lowest BCUT2D eigenvalue weighted by Crippen LogP contribution is -2.19. The van der Waals surface area contributed by atoms with Gasteiger partial charge in [-0.3, -0.25) is 0 Å². The fraction of sp³-hybridized carbons (Fsp3) is 0. The molecule has 2 rings (SSSR count). The summed E-state index contributed by atoms with van der Waals surface area (Å²) >= 11 is 10.9. The summed E-state index contributed by atoms with van der Waals surface area (Å²) in [4.78, 5) is 0. The number of thiocarbonyl (C=S) groups is 1. The monoisotopic (exact) mass is 298 g/mol. The molecule has 0 amide bonds. The molecular formula is C13H9ClF2N2S. The Morgan fingerprint density at radius 3 is 2.21 bits per heavy atom. The average Bonchev–Trinajstić information content (AvgIpc) is 2.26. The van der Waals surface area contributed by atoms with Gasteiger partial charge in [0.15, 0.2) is 5.11 Å². The van der Waals surface area contributed by atoms with Crippen LogP contribution in [-0.4, -0.2) is 5.11 Å². The smallest absolute Gasteiger partial charge is 0.175 e. The lowest BCUT2D eigenvalue weighted by molar-refractivity contribution is 0.584. The highest BCUT2D eigenvalue weighted by Crippen LogP contribution is 2.16. The molecule has 0 saturated carbocycles. The molecule has 98 valence electrons. The van der Waals surface area contributed by atoms with Crippen molar-refractivity contribution in [3.63, 3.8) is 0 Å². The number of benzene rings is 2. The number of halogens is 3. The molecule has 0 atom stereocenters. The van der Waals surface area contributed by atoms with Crippen molar-refractivity contribution in [1.29, 1.82) is 0 Å². The lowest BCUT2D eigenvalue weighted by atomic mass is 10.3. The first-order valence-corrected chi connectivity index (χ1v) is 6.11. The van der Waals surface area contributed by atoms with Gasteiger partial charge in [-0.1, -0.05) is 17.7 Å². The van der Waals surface area contributed by atoms with Gasteiger partial charge in [0, 0.05) is 22.5 Å². The number of nitrogens with one attached hydrogen (secondary N) is 2. The zero-order valence-electron chi connectivity index (χ0n) is 9.58. The van der Waals surface area contributed by atoms with Crippen LogP contribution in [0.5, 0.6) is 0 Å². The van der Waals surface area contributed by atoms with Gasteiger partial charge in [0.25, 0.3) is 0 Å². The van der Waals surface area contributed by atoms with Crippen molar-refractivity contribution in [2.75, 3.05) is 10.6 Å². The Labute approximate surface area is 119 Å². The van der Waals surface area contributed by atoms with Crippen molar-refractivity contribution in [3.8, 4) is 0 Å². The molecule has 6 heteroatoms. The number of hydrogen-bond acceptors (Lipinski definition) is 1. The first kappa shape index (κ1) is 13.7. The minimum atomic E-state index is -0.673. The molecule has 0 radical (unpaired) electrons. The van der Waals surface area contributed by atoms with E-state index in [4.69, 9.17) is 23.8 Å². The maximum Gasteiger partial charge on any atom is 0.175 e. The fourth-order valence-electron chi connectivity index (χ4n) is 1.49. The van der Waals surface area contributed by atoms with Crippen LogP contribution in [0.4, 0.5) is 20.2 Å². The zero-order chi connectivity index (χ0) is 13.8. The molecule has 2 aromatic rings. The highest BCUT2D eigenvalue weighted by Gasteiger charge is 2.03. The summed E-state index contributed by atoms with van der Waals surface area (Å²) in [6.07, 6.45) is 0. The normalized spacial score (nSPS) is 10.1. The molecular weight excluding hydrogens is 290 g/mol. The predicted molar refractivity (Wildman–Crippen MR) is 77.7 cm³/mol. The van der Waals surface area contributed by atoms with Gasteiger partial charge in [-0.25, -0.2) is 8.78 Å². The van der Waals surface area contributed by atoms with Gasteiger partial charge in [-0.2, -0.15) is 0 Å². The molecule has 2 aromatic carbocycles. The summed E-state index contributed by atoms with van der Waals surface area (Å²) in [5.74, 6) is -1.35. The number of rotatable bonds is 2. The molecule has 0 unspecified atom stereocenters. The molecule has 0 aromatic heterocycles. The summed E-state index contributed by atoms with van der Waals surface area (Å²) in [6, 6.07) is 10.0. The van der Waals surface area contributed by atoms with E-state index in [-0.39, 0.29) is 10.8 Å². The van der Waals surface area contributed by atoms with Crippen LogP contribution in [0.25, 0.3) is 0 Å². The van der Waals surface area contributed by atoms with Crippen molar-refractivity contribution < 1.29 is 8.78 Å². The minimum Gasteiger partial charge on any atom is -0.332 e. The van der Waals surface area contributed by atoms with Gasteiger partial charge < -0.3 is 10.6 Å². The van der Waals surface area contributed by atoms with Crippen molar-refractivity contribution >= 4 is 40.3 Å². The van der Waals surface area contributed by atoms with Crippen LogP contribution in [0, 0.1) is 11.6 Å². The molecule has 0 aliphatic rings. The van der Waals surface area contributed by atoms with Gasteiger partial charge in [-0.05, 0) is 42.5 Å². The Bertz CT molecular complexity index is 599. The highest BCUT2D eigenvalue weighted by molar-refractivity contribution is 7.80. The van der Waals surface area contributed by atoms with Crippen LogP contribution < -0.4 is 10.6 Å². The maximum atomic E-state index is 13.0. The maximum absolute atomic E-state index is 13.0. The SMILES string of the molecule is Fc1cc(F)cc(NC(=S)Nc2cccc(Cl)c2)c1. The Morgan fingerprint density at radius 2 is 1.58 bits per heavy atom. The molecule has 0 bridgehead atoms. The fourth-order valence-corrected chi connectivity index (χ4v) is 1.91. The second-order valence-corrected chi connectivity index (χ2v) is 4.59. The van der Waals surface area contributed by atoms with Gasteiger partial charge in [0.05, 0.1) is 0 Å². The number of hydrogen-bond donors (Lipinski definition) is 2. The van der Waals surface area contributed by atoms with E-state index in [2.05, 4.69) is 10.6 Å².